The zero-order valence-electron chi connectivity index (χ0n) is 8.75. The summed E-state index contributed by atoms with van der Waals surface area (Å²) >= 11 is 0. The molecule has 0 unspecified atom stereocenters. The van der Waals surface area contributed by atoms with Crippen LogP contribution in [-0.4, -0.2) is 25.7 Å². The van der Waals surface area contributed by atoms with Gasteiger partial charge in [-0.2, -0.15) is 0 Å². The normalized spacial score (nSPS) is 20.5. The Labute approximate surface area is 89.8 Å². The highest BCUT2D eigenvalue weighted by atomic mass is 16.5. The topological polar surface area (TPSA) is 33.3 Å². The minimum Gasteiger partial charge on any atom is -0.488 e. The molecule has 1 aromatic rings. The predicted octanol–water partition coefficient (Wildman–Crippen LogP) is 0.683. The molecule has 0 spiro atoms. The Morgan fingerprint density at radius 2 is 2.07 bits per heavy atom. The Morgan fingerprint density at radius 3 is 2.87 bits per heavy atom. The van der Waals surface area contributed by atoms with Gasteiger partial charge in [-0.05, 0) is 36.2 Å². The van der Waals surface area contributed by atoms with Gasteiger partial charge in [0.15, 0.2) is 0 Å². The molecule has 2 aliphatic heterocycles. The molecular formula is C12H16N2O. The smallest absolute Gasteiger partial charge is 0.123 e. The van der Waals surface area contributed by atoms with E-state index in [-0.39, 0.29) is 0 Å². The van der Waals surface area contributed by atoms with Crippen LogP contribution in [0.2, 0.25) is 0 Å². The van der Waals surface area contributed by atoms with E-state index in [9.17, 15) is 0 Å². The van der Waals surface area contributed by atoms with E-state index in [4.69, 9.17) is 4.74 Å². The first-order valence-corrected chi connectivity index (χ1v) is 5.62. The van der Waals surface area contributed by atoms with E-state index in [0.29, 0.717) is 6.10 Å². The second-order valence-corrected chi connectivity index (χ2v) is 4.26. The molecule has 2 heterocycles. The van der Waals surface area contributed by atoms with Crippen LogP contribution in [0.3, 0.4) is 0 Å². The first-order chi connectivity index (χ1) is 7.42. The summed E-state index contributed by atoms with van der Waals surface area (Å²) in [6.07, 6.45) is 1.50. The van der Waals surface area contributed by atoms with E-state index in [1.165, 1.54) is 11.1 Å². The molecule has 1 saturated heterocycles. The fourth-order valence-electron chi connectivity index (χ4n) is 2.06. The van der Waals surface area contributed by atoms with Crippen LogP contribution in [0.15, 0.2) is 18.2 Å². The van der Waals surface area contributed by atoms with Gasteiger partial charge in [0, 0.05) is 19.6 Å². The van der Waals surface area contributed by atoms with Crippen molar-refractivity contribution in [3.8, 4) is 5.75 Å². The molecule has 2 aliphatic rings. The van der Waals surface area contributed by atoms with Gasteiger partial charge in [0.1, 0.15) is 11.9 Å². The maximum atomic E-state index is 5.83. The molecule has 0 aliphatic carbocycles. The van der Waals surface area contributed by atoms with Gasteiger partial charge in [0.2, 0.25) is 0 Å². The molecular weight excluding hydrogens is 188 g/mol. The first-order valence-electron chi connectivity index (χ1n) is 5.62. The van der Waals surface area contributed by atoms with Crippen molar-refractivity contribution in [3.63, 3.8) is 0 Å². The summed E-state index contributed by atoms with van der Waals surface area (Å²) in [5.41, 5.74) is 2.86. The quantitative estimate of drug-likeness (QED) is 0.743. The van der Waals surface area contributed by atoms with Crippen LogP contribution in [0.4, 0.5) is 0 Å². The van der Waals surface area contributed by atoms with Crippen molar-refractivity contribution < 1.29 is 4.74 Å². The number of rotatable bonds is 2. The Hall–Kier alpha value is -1.06. The average Bonchev–Trinajstić information content (AvgIpc) is 2.23. The fourth-order valence-corrected chi connectivity index (χ4v) is 2.06. The van der Waals surface area contributed by atoms with Crippen molar-refractivity contribution in [2.45, 2.75) is 19.1 Å². The zero-order valence-corrected chi connectivity index (χ0v) is 8.75. The summed E-state index contributed by atoms with van der Waals surface area (Å²) in [6, 6.07) is 6.47. The highest BCUT2D eigenvalue weighted by molar-refractivity contribution is 5.37. The third-order valence-corrected chi connectivity index (χ3v) is 3.11. The van der Waals surface area contributed by atoms with Crippen molar-refractivity contribution in [1.82, 2.24) is 10.6 Å². The molecule has 0 bridgehead atoms. The zero-order chi connectivity index (χ0) is 10.1. The largest absolute Gasteiger partial charge is 0.488 e. The van der Waals surface area contributed by atoms with Crippen molar-refractivity contribution in [2.75, 3.05) is 19.6 Å². The SMILES string of the molecule is c1cc2c(cc1OC1CNC1)CCNC2. The summed E-state index contributed by atoms with van der Waals surface area (Å²) in [4.78, 5) is 0. The lowest BCUT2D eigenvalue weighted by atomic mass is 10.0. The molecule has 3 heteroatoms. The monoisotopic (exact) mass is 204 g/mol. The number of benzene rings is 1. The van der Waals surface area contributed by atoms with Crippen molar-refractivity contribution in [3.05, 3.63) is 29.3 Å². The molecule has 1 fully saturated rings. The van der Waals surface area contributed by atoms with Crippen molar-refractivity contribution in [2.24, 2.45) is 0 Å². The number of fused-ring (bicyclic) bond motifs is 1. The first kappa shape index (κ1) is 9.19. The lowest BCUT2D eigenvalue weighted by molar-refractivity contribution is 0.142. The maximum Gasteiger partial charge on any atom is 0.123 e. The minimum absolute atomic E-state index is 0.379. The molecule has 80 valence electrons. The Morgan fingerprint density at radius 1 is 1.13 bits per heavy atom. The van der Waals surface area contributed by atoms with Gasteiger partial charge in [-0.3, -0.25) is 0 Å². The molecule has 0 radical (unpaired) electrons. The van der Waals surface area contributed by atoms with E-state index in [1.54, 1.807) is 0 Å². The third-order valence-electron chi connectivity index (χ3n) is 3.11. The molecule has 0 atom stereocenters. The van der Waals surface area contributed by atoms with E-state index in [0.717, 1.165) is 38.3 Å². The maximum absolute atomic E-state index is 5.83. The fraction of sp³-hybridized carbons (Fsp3) is 0.500. The molecule has 2 N–H and O–H groups in total. The summed E-state index contributed by atoms with van der Waals surface area (Å²) in [6.45, 7) is 4.05. The molecule has 15 heavy (non-hydrogen) atoms. The van der Waals surface area contributed by atoms with Gasteiger partial charge in [0.25, 0.3) is 0 Å². The molecule has 3 rings (SSSR count). The average molecular weight is 204 g/mol. The number of ether oxygens (including phenoxy) is 1. The molecule has 0 amide bonds. The van der Waals surface area contributed by atoms with Crippen LogP contribution in [0.25, 0.3) is 0 Å². The molecule has 1 aromatic carbocycles. The highest BCUT2D eigenvalue weighted by Crippen LogP contribution is 2.21. The van der Waals surface area contributed by atoms with Crippen LogP contribution < -0.4 is 15.4 Å². The van der Waals surface area contributed by atoms with E-state index in [2.05, 4.69) is 28.8 Å². The highest BCUT2D eigenvalue weighted by Gasteiger charge is 2.18. The second-order valence-electron chi connectivity index (χ2n) is 4.26. The van der Waals surface area contributed by atoms with Gasteiger partial charge in [0.05, 0.1) is 0 Å². The van der Waals surface area contributed by atoms with Gasteiger partial charge in [-0.25, -0.2) is 0 Å². The van der Waals surface area contributed by atoms with Gasteiger partial charge >= 0.3 is 0 Å². The number of hydrogen-bond acceptors (Lipinski definition) is 3. The Balaban J connectivity index is 1.77. The van der Waals surface area contributed by atoms with E-state index >= 15 is 0 Å². The molecule has 3 nitrogen and oxygen atoms in total. The van der Waals surface area contributed by atoms with Crippen molar-refractivity contribution in [1.29, 1.82) is 0 Å². The van der Waals surface area contributed by atoms with Crippen molar-refractivity contribution >= 4 is 0 Å². The number of hydrogen-bond donors (Lipinski definition) is 2. The second kappa shape index (κ2) is 3.83. The van der Waals surface area contributed by atoms with E-state index in [1.807, 2.05) is 0 Å². The van der Waals surface area contributed by atoms with Gasteiger partial charge in [-0.1, -0.05) is 6.07 Å². The van der Waals surface area contributed by atoms with Gasteiger partial charge in [-0.15, -0.1) is 0 Å². The Bertz CT molecular complexity index is 361. The van der Waals surface area contributed by atoms with Crippen LogP contribution in [0.1, 0.15) is 11.1 Å². The van der Waals surface area contributed by atoms with Crippen LogP contribution in [0, 0.1) is 0 Å². The minimum atomic E-state index is 0.379. The predicted molar refractivity (Wildman–Crippen MR) is 59.1 cm³/mol. The lowest BCUT2D eigenvalue weighted by Gasteiger charge is -2.28. The van der Waals surface area contributed by atoms with E-state index < -0.39 is 0 Å². The summed E-state index contributed by atoms with van der Waals surface area (Å²) in [5.74, 6) is 1.03. The third kappa shape index (κ3) is 1.85. The molecule has 0 aromatic heterocycles. The standard InChI is InChI=1S/C12H16N2O/c1-2-11(15-12-7-14-8-12)5-9-3-4-13-6-10(1)9/h1-2,5,12-14H,3-4,6-8H2. The Kier molecular flexibility index (Phi) is 2.35. The lowest BCUT2D eigenvalue weighted by Crippen LogP contribution is -2.50. The van der Waals surface area contributed by atoms with Crippen LogP contribution >= 0.6 is 0 Å². The summed E-state index contributed by atoms with van der Waals surface area (Å²) in [5, 5.41) is 6.58. The summed E-state index contributed by atoms with van der Waals surface area (Å²) < 4.78 is 5.83. The molecule has 0 saturated carbocycles. The summed E-state index contributed by atoms with van der Waals surface area (Å²) in [7, 11) is 0. The van der Waals surface area contributed by atoms with Crippen LogP contribution in [-0.2, 0) is 13.0 Å². The van der Waals surface area contributed by atoms with Crippen LogP contribution in [0.5, 0.6) is 5.75 Å². The number of nitrogens with one attached hydrogen (secondary N) is 2. The van der Waals surface area contributed by atoms with Gasteiger partial charge < -0.3 is 15.4 Å².